The summed E-state index contributed by atoms with van der Waals surface area (Å²) in [6, 6.07) is -0.882. The van der Waals surface area contributed by atoms with Crippen molar-refractivity contribution in [2.24, 2.45) is 0 Å². The van der Waals surface area contributed by atoms with E-state index in [1.165, 1.54) is 103 Å². The zero-order valence-electron chi connectivity index (χ0n) is 31.2. The maximum atomic E-state index is 12.7. The van der Waals surface area contributed by atoms with Crippen LogP contribution in [0.2, 0.25) is 0 Å². The Hall–Kier alpha value is -1.02. The Labute approximate surface area is 290 Å². The smallest absolute Gasteiger partial charge is 0.268 e. The number of quaternary nitrogens is 1. The van der Waals surface area contributed by atoms with Crippen molar-refractivity contribution in [3.8, 4) is 0 Å². The highest BCUT2D eigenvalue weighted by Gasteiger charge is 2.23. The van der Waals surface area contributed by atoms with Crippen LogP contribution in [0.3, 0.4) is 0 Å². The van der Waals surface area contributed by atoms with Gasteiger partial charge in [0, 0.05) is 6.42 Å². The molecule has 47 heavy (non-hydrogen) atoms. The van der Waals surface area contributed by atoms with Crippen LogP contribution in [-0.2, 0) is 18.4 Å². The fourth-order valence-electron chi connectivity index (χ4n) is 5.26. The number of carbonyl (C=O) groups is 1. The van der Waals surface area contributed by atoms with Gasteiger partial charge in [0.1, 0.15) is 13.2 Å². The molecule has 3 unspecified atom stereocenters. The highest BCUT2D eigenvalue weighted by atomic mass is 31.2. The number of allylic oxidation sites excluding steroid dienone is 3. The lowest BCUT2D eigenvalue weighted by Crippen LogP contribution is -2.45. The summed E-state index contributed by atoms with van der Waals surface area (Å²) < 4.78 is 23.0. The third-order valence-electron chi connectivity index (χ3n) is 8.41. The van der Waals surface area contributed by atoms with Crippen LogP contribution < -0.4 is 10.2 Å². The van der Waals surface area contributed by atoms with Crippen LogP contribution in [0.1, 0.15) is 162 Å². The number of rotatable bonds is 34. The molecule has 0 spiro atoms. The quantitative estimate of drug-likeness (QED) is 0.0303. The highest BCUT2D eigenvalue weighted by Crippen LogP contribution is 2.38. The van der Waals surface area contributed by atoms with Gasteiger partial charge in [0.15, 0.2) is 0 Å². The van der Waals surface area contributed by atoms with E-state index in [0.717, 1.165) is 38.5 Å². The van der Waals surface area contributed by atoms with Crippen LogP contribution in [0.4, 0.5) is 0 Å². The van der Waals surface area contributed by atoms with Crippen LogP contribution in [0.25, 0.3) is 0 Å². The zero-order chi connectivity index (χ0) is 35.1. The Morgan fingerprint density at radius 2 is 1.17 bits per heavy atom. The van der Waals surface area contributed by atoms with Crippen LogP contribution in [0, 0.1) is 0 Å². The number of aliphatic hydroxyl groups is 1. The highest BCUT2D eigenvalue weighted by molar-refractivity contribution is 7.45. The lowest BCUT2D eigenvalue weighted by atomic mass is 10.1. The van der Waals surface area contributed by atoms with Crippen LogP contribution in [0.5, 0.6) is 0 Å². The standard InChI is InChI=1S/C38H75N2O6P/c1-6-8-10-12-14-15-16-17-18-19-20-21-22-23-24-26-28-30-32-38(42)39-36(37(41)31-29-27-25-13-11-9-7-2)35-46-47(43,44)45-34-33-40(3,4)5/h18-19,29,31,36-37,41H,6-17,20-28,30,32-35H2,1-5H3,(H-,39,42,43,44)/b19-18-,31-29+. The molecular weight excluding hydrogens is 611 g/mol. The van der Waals surface area contributed by atoms with Gasteiger partial charge in [-0.05, 0) is 44.9 Å². The van der Waals surface area contributed by atoms with Gasteiger partial charge >= 0.3 is 0 Å². The fraction of sp³-hybridized carbons (Fsp3) is 0.868. The molecule has 0 radical (unpaired) electrons. The van der Waals surface area contributed by atoms with E-state index in [1.807, 2.05) is 27.2 Å². The first kappa shape index (κ1) is 46.0. The van der Waals surface area contributed by atoms with Gasteiger partial charge in [-0.25, -0.2) is 0 Å². The summed E-state index contributed by atoms with van der Waals surface area (Å²) in [5.41, 5.74) is 0. The minimum Gasteiger partial charge on any atom is -0.756 e. The number of hydrogen-bond acceptors (Lipinski definition) is 6. The molecule has 0 aliphatic carbocycles. The Balaban J connectivity index is 4.34. The molecule has 0 aromatic carbocycles. The van der Waals surface area contributed by atoms with Crippen LogP contribution in [0.15, 0.2) is 24.3 Å². The van der Waals surface area contributed by atoms with E-state index in [-0.39, 0.29) is 19.1 Å². The monoisotopic (exact) mass is 687 g/mol. The summed E-state index contributed by atoms with van der Waals surface area (Å²) in [5.74, 6) is -0.208. The molecule has 9 heteroatoms. The van der Waals surface area contributed by atoms with Gasteiger partial charge in [-0.15, -0.1) is 0 Å². The second-order valence-corrected chi connectivity index (χ2v) is 15.7. The van der Waals surface area contributed by atoms with Crippen molar-refractivity contribution in [2.75, 3.05) is 40.9 Å². The van der Waals surface area contributed by atoms with Crippen molar-refractivity contribution in [1.82, 2.24) is 5.32 Å². The van der Waals surface area contributed by atoms with E-state index >= 15 is 0 Å². The molecule has 0 aromatic rings. The fourth-order valence-corrected chi connectivity index (χ4v) is 5.99. The van der Waals surface area contributed by atoms with E-state index < -0.39 is 20.0 Å². The van der Waals surface area contributed by atoms with E-state index in [1.54, 1.807) is 6.08 Å². The molecule has 8 nitrogen and oxygen atoms in total. The molecule has 0 heterocycles. The minimum atomic E-state index is -4.57. The Morgan fingerprint density at radius 1 is 0.723 bits per heavy atom. The number of hydrogen-bond donors (Lipinski definition) is 2. The average molecular weight is 687 g/mol. The molecule has 0 aromatic heterocycles. The van der Waals surface area contributed by atoms with Crippen LogP contribution in [-0.4, -0.2) is 68.5 Å². The van der Waals surface area contributed by atoms with Crippen molar-refractivity contribution in [1.29, 1.82) is 0 Å². The lowest BCUT2D eigenvalue weighted by Gasteiger charge is -2.29. The van der Waals surface area contributed by atoms with E-state index in [9.17, 15) is 19.4 Å². The van der Waals surface area contributed by atoms with Crippen molar-refractivity contribution >= 4 is 13.7 Å². The predicted molar refractivity (Wildman–Crippen MR) is 196 cm³/mol. The van der Waals surface area contributed by atoms with Crippen molar-refractivity contribution in [3.63, 3.8) is 0 Å². The van der Waals surface area contributed by atoms with Gasteiger partial charge in [0.2, 0.25) is 5.91 Å². The molecule has 0 saturated carbocycles. The second kappa shape index (κ2) is 31.0. The van der Waals surface area contributed by atoms with Crippen molar-refractivity contribution in [2.45, 2.75) is 174 Å². The van der Waals surface area contributed by atoms with Gasteiger partial charge in [0.05, 0.1) is 39.9 Å². The summed E-state index contributed by atoms with van der Waals surface area (Å²) in [6.07, 6.45) is 33.8. The summed E-state index contributed by atoms with van der Waals surface area (Å²) in [4.78, 5) is 25.1. The number of nitrogens with zero attached hydrogens (tertiary/aromatic N) is 1. The minimum absolute atomic E-state index is 0.00179. The molecule has 3 atom stereocenters. The Kier molecular flexibility index (Phi) is 30.3. The summed E-state index contributed by atoms with van der Waals surface area (Å²) in [7, 11) is 1.25. The third-order valence-corrected chi connectivity index (χ3v) is 9.37. The lowest BCUT2D eigenvalue weighted by molar-refractivity contribution is -0.870. The zero-order valence-corrected chi connectivity index (χ0v) is 32.1. The number of carbonyl (C=O) groups excluding carboxylic acids is 1. The molecule has 2 N–H and O–H groups in total. The number of phosphoric ester groups is 1. The summed E-state index contributed by atoms with van der Waals surface area (Å²) in [5, 5.41) is 13.6. The SMILES string of the molecule is CCCCCCC/C=C/C(O)C(COP(=O)([O-])OCC[N+](C)(C)C)NC(=O)CCCCCCCCC/C=C\CCCCCCCCC. The first-order chi connectivity index (χ1) is 22.5. The molecule has 0 bridgehead atoms. The first-order valence-corrected chi connectivity index (χ1v) is 20.7. The molecule has 278 valence electrons. The predicted octanol–water partition coefficient (Wildman–Crippen LogP) is 9.16. The third kappa shape index (κ3) is 33.3. The van der Waals surface area contributed by atoms with Gasteiger partial charge < -0.3 is 28.8 Å². The maximum Gasteiger partial charge on any atom is 0.268 e. The van der Waals surface area contributed by atoms with Gasteiger partial charge in [-0.2, -0.15) is 0 Å². The number of aliphatic hydroxyl groups excluding tert-OH is 1. The summed E-state index contributed by atoms with van der Waals surface area (Å²) >= 11 is 0. The molecule has 0 rings (SSSR count). The number of unbranched alkanes of at least 4 members (excludes halogenated alkanes) is 19. The summed E-state index contributed by atoms with van der Waals surface area (Å²) in [6.45, 7) is 4.56. The molecule has 1 amide bonds. The van der Waals surface area contributed by atoms with Crippen molar-refractivity contribution < 1.29 is 32.9 Å². The average Bonchev–Trinajstić information content (AvgIpc) is 3.01. The van der Waals surface area contributed by atoms with Gasteiger partial charge in [0.25, 0.3) is 7.82 Å². The molecule has 0 aliphatic heterocycles. The molecular formula is C38H75N2O6P. The number of likely N-dealkylation sites (N-methyl/N-ethyl adjacent to an activating group) is 1. The van der Waals surface area contributed by atoms with Gasteiger partial charge in [-0.3, -0.25) is 9.36 Å². The molecule has 0 fully saturated rings. The molecule has 0 saturated heterocycles. The number of nitrogens with one attached hydrogen (secondary N) is 1. The largest absolute Gasteiger partial charge is 0.756 e. The Bertz CT molecular complexity index is 829. The number of amides is 1. The normalized spacial score (nSPS) is 15.0. The van der Waals surface area contributed by atoms with Crippen LogP contribution >= 0.6 is 7.82 Å². The Morgan fingerprint density at radius 3 is 1.66 bits per heavy atom. The van der Waals surface area contributed by atoms with E-state index in [4.69, 9.17) is 9.05 Å². The van der Waals surface area contributed by atoms with Gasteiger partial charge in [-0.1, -0.05) is 134 Å². The topological polar surface area (TPSA) is 108 Å². The van der Waals surface area contributed by atoms with E-state index in [2.05, 4.69) is 31.3 Å². The second-order valence-electron chi connectivity index (χ2n) is 14.3. The van der Waals surface area contributed by atoms with Crippen molar-refractivity contribution in [3.05, 3.63) is 24.3 Å². The molecule has 0 aliphatic rings. The number of phosphoric acid groups is 1. The maximum absolute atomic E-state index is 12.7. The van der Waals surface area contributed by atoms with E-state index in [0.29, 0.717) is 17.4 Å². The first-order valence-electron chi connectivity index (χ1n) is 19.2.